The monoisotopic (exact) mass is 474 g/mol. The zero-order valence-corrected chi connectivity index (χ0v) is 17.2. The van der Waals surface area contributed by atoms with Crippen molar-refractivity contribution in [2.75, 3.05) is 0 Å². The Morgan fingerprint density at radius 1 is 0.900 bits per heavy atom. The average molecular weight is 476 g/mol. The lowest BCUT2D eigenvalue weighted by Gasteiger charge is -2.24. The van der Waals surface area contributed by atoms with Gasteiger partial charge in [0.15, 0.2) is 6.10 Å². The van der Waals surface area contributed by atoms with Crippen LogP contribution < -0.4 is 4.74 Å². The van der Waals surface area contributed by atoms with Crippen molar-refractivity contribution >= 4 is 40.8 Å². The fourth-order valence-electron chi connectivity index (χ4n) is 2.78. The Balaban J connectivity index is 2.14. The molecule has 1 atom stereocenters. The molecule has 9 heteroatoms. The maximum atomic E-state index is 13.6. The van der Waals surface area contributed by atoms with Gasteiger partial charge in [0.25, 0.3) is 0 Å². The number of rotatable bonds is 5. The van der Waals surface area contributed by atoms with Crippen LogP contribution in [0.2, 0.25) is 15.1 Å². The maximum absolute atomic E-state index is 13.6. The van der Waals surface area contributed by atoms with Gasteiger partial charge < -0.3 is 9.84 Å². The average Bonchev–Trinajstić information content (AvgIpc) is 2.66. The molecule has 3 aromatic rings. The lowest BCUT2D eigenvalue weighted by Crippen LogP contribution is -2.15. The van der Waals surface area contributed by atoms with Gasteiger partial charge in [-0.25, -0.2) is 4.79 Å². The van der Waals surface area contributed by atoms with Crippen LogP contribution in [0.4, 0.5) is 13.2 Å². The summed E-state index contributed by atoms with van der Waals surface area (Å²) in [4.78, 5) is 11.1. The first-order valence-electron chi connectivity index (χ1n) is 8.38. The molecule has 0 saturated carbocycles. The normalized spacial score (nSPS) is 12.5. The van der Waals surface area contributed by atoms with Crippen LogP contribution >= 0.6 is 34.8 Å². The van der Waals surface area contributed by atoms with E-state index in [0.717, 1.165) is 12.1 Å². The van der Waals surface area contributed by atoms with E-state index in [1.807, 2.05) is 0 Å². The number of hydrogen-bond donors (Lipinski definition) is 1. The largest absolute Gasteiger partial charge is 0.480 e. The van der Waals surface area contributed by atoms with Crippen LogP contribution in [0.25, 0.3) is 0 Å². The van der Waals surface area contributed by atoms with E-state index in [9.17, 15) is 18.0 Å². The summed E-state index contributed by atoms with van der Waals surface area (Å²) < 4.78 is 46.6. The summed E-state index contributed by atoms with van der Waals surface area (Å²) in [6.45, 7) is 0. The van der Waals surface area contributed by atoms with Gasteiger partial charge in [-0.2, -0.15) is 13.2 Å². The van der Waals surface area contributed by atoms with Gasteiger partial charge in [-0.05, 0) is 48.0 Å². The summed E-state index contributed by atoms with van der Waals surface area (Å²) in [5.74, 6) is -2.03. The number of halogens is 6. The molecule has 0 fully saturated rings. The number of carbonyl (C=O) groups is 1. The molecule has 0 aromatic heterocycles. The highest BCUT2D eigenvalue weighted by Gasteiger charge is 2.36. The molecule has 0 heterocycles. The second-order valence-electron chi connectivity index (χ2n) is 6.23. The van der Waals surface area contributed by atoms with Gasteiger partial charge in [-0.15, -0.1) is 0 Å². The number of aromatic carboxylic acids is 1. The molecule has 0 aliphatic rings. The van der Waals surface area contributed by atoms with E-state index in [4.69, 9.17) is 44.6 Å². The smallest absolute Gasteiger partial charge is 0.419 e. The SMILES string of the molecule is O=C(O)c1ccc(OC(c2ccc(Cl)cc2)c2ccc(Cl)cc2Cl)c(C(F)(F)F)c1. The zero-order chi connectivity index (χ0) is 22.1. The summed E-state index contributed by atoms with van der Waals surface area (Å²) >= 11 is 18.1. The third-order valence-corrected chi connectivity index (χ3v) is 5.01. The van der Waals surface area contributed by atoms with Crippen molar-refractivity contribution in [3.05, 3.63) is 98.0 Å². The molecule has 0 radical (unpaired) electrons. The molecule has 0 spiro atoms. The van der Waals surface area contributed by atoms with Crippen molar-refractivity contribution in [1.29, 1.82) is 0 Å². The number of benzene rings is 3. The topological polar surface area (TPSA) is 46.5 Å². The van der Waals surface area contributed by atoms with Gasteiger partial charge in [0.2, 0.25) is 0 Å². The van der Waals surface area contributed by atoms with Crippen molar-refractivity contribution in [3.63, 3.8) is 0 Å². The third kappa shape index (κ3) is 5.01. The van der Waals surface area contributed by atoms with Crippen LogP contribution in [-0.2, 0) is 6.18 Å². The van der Waals surface area contributed by atoms with Crippen molar-refractivity contribution < 1.29 is 27.8 Å². The Hall–Kier alpha value is -2.41. The first-order chi connectivity index (χ1) is 14.1. The highest BCUT2D eigenvalue weighted by molar-refractivity contribution is 6.35. The van der Waals surface area contributed by atoms with Crippen molar-refractivity contribution in [2.24, 2.45) is 0 Å². The van der Waals surface area contributed by atoms with E-state index < -0.39 is 35.1 Å². The lowest BCUT2D eigenvalue weighted by atomic mass is 10.0. The van der Waals surface area contributed by atoms with Gasteiger partial charge in [-0.1, -0.05) is 53.0 Å². The number of ether oxygens (including phenoxy) is 1. The molecule has 3 aromatic carbocycles. The highest BCUT2D eigenvalue weighted by atomic mass is 35.5. The first kappa shape index (κ1) is 22.3. The van der Waals surface area contributed by atoms with Crippen LogP contribution in [0, 0.1) is 0 Å². The predicted molar refractivity (Wildman–Crippen MR) is 109 cm³/mol. The summed E-state index contributed by atoms with van der Waals surface area (Å²) in [5, 5.41) is 10.0. The van der Waals surface area contributed by atoms with Crippen molar-refractivity contribution in [2.45, 2.75) is 12.3 Å². The highest BCUT2D eigenvalue weighted by Crippen LogP contribution is 2.41. The number of hydrogen-bond acceptors (Lipinski definition) is 2. The van der Waals surface area contributed by atoms with Crippen LogP contribution in [0.1, 0.15) is 33.2 Å². The van der Waals surface area contributed by atoms with Gasteiger partial charge in [0, 0.05) is 20.6 Å². The number of carboxylic acids is 1. The van der Waals surface area contributed by atoms with E-state index in [0.29, 0.717) is 27.2 Å². The molecule has 156 valence electrons. The summed E-state index contributed by atoms with van der Waals surface area (Å²) in [6.07, 6.45) is -5.88. The van der Waals surface area contributed by atoms with E-state index in [-0.39, 0.29) is 5.02 Å². The van der Waals surface area contributed by atoms with Gasteiger partial charge in [0.1, 0.15) is 5.75 Å². The molecule has 3 nitrogen and oxygen atoms in total. The fraction of sp³-hybridized carbons (Fsp3) is 0.0952. The Bertz CT molecular complexity index is 1080. The molecule has 0 bridgehead atoms. The first-order valence-corrected chi connectivity index (χ1v) is 9.51. The molecule has 0 saturated heterocycles. The molecule has 0 aliphatic heterocycles. The standard InChI is InChI=1S/C21H12Cl3F3O3/c22-13-4-1-11(2-5-13)19(15-7-6-14(23)10-17(15)24)30-18-8-3-12(20(28)29)9-16(18)21(25,26)27/h1-10,19H,(H,28,29). The second kappa shape index (κ2) is 8.76. The second-order valence-corrected chi connectivity index (χ2v) is 7.51. The number of alkyl halides is 3. The van der Waals surface area contributed by atoms with E-state index in [1.54, 1.807) is 30.3 Å². The Morgan fingerprint density at radius 2 is 1.53 bits per heavy atom. The fourth-order valence-corrected chi connectivity index (χ4v) is 3.41. The number of carboxylic acid groups (broad SMARTS) is 1. The molecule has 1 N–H and O–H groups in total. The minimum Gasteiger partial charge on any atom is -0.480 e. The van der Waals surface area contributed by atoms with Gasteiger partial charge >= 0.3 is 12.1 Å². The summed E-state index contributed by atoms with van der Waals surface area (Å²) in [6, 6.07) is 13.4. The zero-order valence-electron chi connectivity index (χ0n) is 14.9. The maximum Gasteiger partial charge on any atom is 0.419 e. The Kier molecular flexibility index (Phi) is 6.50. The Labute approximate surface area is 184 Å². The van der Waals surface area contributed by atoms with Crippen molar-refractivity contribution in [3.8, 4) is 5.75 Å². The molecule has 1 unspecified atom stereocenters. The van der Waals surface area contributed by atoms with Crippen molar-refractivity contribution in [1.82, 2.24) is 0 Å². The predicted octanol–water partition coefficient (Wildman–Crippen LogP) is 7.53. The van der Waals surface area contributed by atoms with Gasteiger partial charge in [-0.3, -0.25) is 0 Å². The molecular weight excluding hydrogens is 464 g/mol. The van der Waals surface area contributed by atoms with Crippen LogP contribution in [-0.4, -0.2) is 11.1 Å². The van der Waals surface area contributed by atoms with Crippen LogP contribution in [0.3, 0.4) is 0 Å². The quantitative estimate of drug-likeness (QED) is 0.415. The minimum atomic E-state index is -4.84. The van der Waals surface area contributed by atoms with E-state index >= 15 is 0 Å². The summed E-state index contributed by atoms with van der Waals surface area (Å²) in [7, 11) is 0. The molecule has 30 heavy (non-hydrogen) atoms. The van der Waals surface area contributed by atoms with Crippen LogP contribution in [0.15, 0.2) is 60.7 Å². The molecule has 0 aliphatic carbocycles. The third-order valence-electron chi connectivity index (χ3n) is 4.19. The van der Waals surface area contributed by atoms with E-state index in [1.165, 1.54) is 12.1 Å². The lowest BCUT2D eigenvalue weighted by molar-refractivity contribution is -0.139. The molecule has 0 amide bonds. The van der Waals surface area contributed by atoms with Crippen LogP contribution in [0.5, 0.6) is 5.75 Å². The Morgan fingerprint density at radius 3 is 2.10 bits per heavy atom. The van der Waals surface area contributed by atoms with Gasteiger partial charge in [0.05, 0.1) is 11.1 Å². The summed E-state index contributed by atoms with van der Waals surface area (Å²) in [5.41, 5.74) is -0.869. The minimum absolute atomic E-state index is 0.193. The molecule has 3 rings (SSSR count). The van der Waals surface area contributed by atoms with E-state index in [2.05, 4.69) is 0 Å². The molecular formula is C21H12Cl3F3O3.